The fraction of sp³-hybridized carbons (Fsp3) is 0.188. The summed E-state index contributed by atoms with van der Waals surface area (Å²) in [4.78, 5) is 13.2. The van der Waals surface area contributed by atoms with E-state index in [2.05, 4.69) is 5.32 Å². The standard InChI is InChI=1S/C16H16ClNOS/c1-11-8-9-15(14(17)10-11)18-16(19)12(2)20-13-6-4-3-5-7-13/h3-10,12H,1-2H3,(H,18,19)/t12-/m0/s1. The van der Waals surface area contributed by atoms with Crippen molar-refractivity contribution in [1.29, 1.82) is 0 Å². The van der Waals surface area contributed by atoms with Crippen LogP contribution in [0.2, 0.25) is 5.02 Å². The first-order valence-corrected chi connectivity index (χ1v) is 7.61. The summed E-state index contributed by atoms with van der Waals surface area (Å²) < 4.78 is 0. The number of anilines is 1. The predicted molar refractivity (Wildman–Crippen MR) is 86.6 cm³/mol. The maximum Gasteiger partial charge on any atom is 0.237 e. The highest BCUT2D eigenvalue weighted by atomic mass is 35.5. The third-order valence-corrected chi connectivity index (χ3v) is 4.23. The summed E-state index contributed by atoms with van der Waals surface area (Å²) >= 11 is 7.64. The number of carbonyl (C=O) groups excluding carboxylic acids is 1. The van der Waals surface area contributed by atoms with Gasteiger partial charge in [0.25, 0.3) is 0 Å². The van der Waals surface area contributed by atoms with Crippen molar-refractivity contribution in [3.63, 3.8) is 0 Å². The molecule has 2 nitrogen and oxygen atoms in total. The molecule has 0 saturated carbocycles. The zero-order valence-corrected chi connectivity index (χ0v) is 13.0. The number of benzene rings is 2. The Morgan fingerprint density at radius 2 is 1.90 bits per heavy atom. The topological polar surface area (TPSA) is 29.1 Å². The third kappa shape index (κ3) is 4.02. The molecule has 0 unspecified atom stereocenters. The fourth-order valence-corrected chi connectivity index (χ4v) is 2.88. The van der Waals surface area contributed by atoms with Crippen LogP contribution < -0.4 is 5.32 Å². The highest BCUT2D eigenvalue weighted by Gasteiger charge is 2.15. The zero-order chi connectivity index (χ0) is 14.5. The second-order valence-corrected chi connectivity index (χ2v) is 6.37. The number of amides is 1. The molecule has 20 heavy (non-hydrogen) atoms. The molecule has 2 aromatic carbocycles. The Morgan fingerprint density at radius 1 is 1.20 bits per heavy atom. The molecular weight excluding hydrogens is 290 g/mol. The number of rotatable bonds is 4. The summed E-state index contributed by atoms with van der Waals surface area (Å²) in [5, 5.41) is 3.25. The number of halogens is 1. The Morgan fingerprint density at radius 3 is 2.55 bits per heavy atom. The second kappa shape index (κ2) is 6.82. The molecule has 2 aromatic rings. The quantitative estimate of drug-likeness (QED) is 0.825. The molecule has 0 saturated heterocycles. The van der Waals surface area contributed by atoms with E-state index in [-0.39, 0.29) is 11.2 Å². The average molecular weight is 306 g/mol. The van der Waals surface area contributed by atoms with Crippen LogP contribution in [0.3, 0.4) is 0 Å². The average Bonchev–Trinajstić information content (AvgIpc) is 2.43. The largest absolute Gasteiger partial charge is 0.324 e. The van der Waals surface area contributed by atoms with Crippen molar-refractivity contribution in [2.45, 2.75) is 24.0 Å². The van der Waals surface area contributed by atoms with E-state index in [1.807, 2.05) is 62.4 Å². The van der Waals surface area contributed by atoms with Crippen molar-refractivity contribution >= 4 is 35.0 Å². The summed E-state index contributed by atoms with van der Waals surface area (Å²) in [5.74, 6) is -0.0513. The maximum absolute atomic E-state index is 12.2. The lowest BCUT2D eigenvalue weighted by molar-refractivity contribution is -0.115. The van der Waals surface area contributed by atoms with Crippen LogP contribution >= 0.6 is 23.4 Å². The molecule has 0 bridgehead atoms. The molecule has 0 aliphatic carbocycles. The number of hydrogen-bond acceptors (Lipinski definition) is 2. The van der Waals surface area contributed by atoms with Crippen molar-refractivity contribution < 1.29 is 4.79 Å². The van der Waals surface area contributed by atoms with Crippen molar-refractivity contribution in [3.8, 4) is 0 Å². The molecule has 4 heteroatoms. The highest BCUT2D eigenvalue weighted by Crippen LogP contribution is 2.26. The monoisotopic (exact) mass is 305 g/mol. The van der Waals surface area contributed by atoms with Crippen LogP contribution in [0.4, 0.5) is 5.69 Å². The molecule has 1 amide bonds. The minimum absolute atomic E-state index is 0.0513. The summed E-state index contributed by atoms with van der Waals surface area (Å²) in [6.07, 6.45) is 0. The van der Waals surface area contributed by atoms with E-state index in [0.29, 0.717) is 10.7 Å². The van der Waals surface area contributed by atoms with Gasteiger partial charge in [0.15, 0.2) is 0 Å². The normalized spacial score (nSPS) is 11.9. The molecule has 0 aromatic heterocycles. The van der Waals surface area contributed by atoms with Gasteiger partial charge in [0.05, 0.1) is 16.0 Å². The molecule has 0 fully saturated rings. The number of nitrogens with one attached hydrogen (secondary N) is 1. The van der Waals surface area contributed by atoms with Gasteiger partial charge in [-0.05, 0) is 43.7 Å². The van der Waals surface area contributed by atoms with Crippen LogP contribution in [0.25, 0.3) is 0 Å². The Kier molecular flexibility index (Phi) is 5.10. The minimum atomic E-state index is -0.185. The van der Waals surface area contributed by atoms with Gasteiger partial charge in [-0.1, -0.05) is 35.9 Å². The van der Waals surface area contributed by atoms with Crippen LogP contribution in [-0.4, -0.2) is 11.2 Å². The first kappa shape index (κ1) is 14.9. The van der Waals surface area contributed by atoms with Crippen molar-refractivity contribution in [2.24, 2.45) is 0 Å². The van der Waals surface area contributed by atoms with Gasteiger partial charge in [0, 0.05) is 4.90 Å². The summed E-state index contributed by atoms with van der Waals surface area (Å²) in [6.45, 7) is 3.85. The first-order chi connectivity index (χ1) is 9.56. The Labute approximate surface area is 128 Å². The number of hydrogen-bond donors (Lipinski definition) is 1. The summed E-state index contributed by atoms with van der Waals surface area (Å²) in [6, 6.07) is 15.5. The lowest BCUT2D eigenvalue weighted by Gasteiger charge is -2.13. The van der Waals surface area contributed by atoms with E-state index in [1.165, 1.54) is 11.8 Å². The van der Waals surface area contributed by atoms with Crippen molar-refractivity contribution in [2.75, 3.05) is 5.32 Å². The van der Waals surface area contributed by atoms with Gasteiger partial charge < -0.3 is 5.32 Å². The highest BCUT2D eigenvalue weighted by molar-refractivity contribution is 8.00. The molecule has 104 valence electrons. The molecule has 0 heterocycles. The van der Waals surface area contributed by atoms with Crippen LogP contribution in [0.15, 0.2) is 53.4 Å². The molecule has 1 atom stereocenters. The Balaban J connectivity index is 2.01. The smallest absolute Gasteiger partial charge is 0.237 e. The van der Waals surface area contributed by atoms with Crippen LogP contribution in [0, 0.1) is 6.92 Å². The molecular formula is C16H16ClNOS. The molecule has 1 N–H and O–H groups in total. The molecule has 0 radical (unpaired) electrons. The van der Waals surface area contributed by atoms with E-state index in [9.17, 15) is 4.79 Å². The lowest BCUT2D eigenvalue weighted by Crippen LogP contribution is -2.22. The van der Waals surface area contributed by atoms with Crippen LogP contribution in [-0.2, 0) is 4.79 Å². The Bertz CT molecular complexity index is 601. The molecule has 0 aliphatic rings. The molecule has 0 aliphatic heterocycles. The van der Waals surface area contributed by atoms with Crippen LogP contribution in [0.1, 0.15) is 12.5 Å². The molecule has 0 spiro atoms. The number of thioether (sulfide) groups is 1. The number of aryl methyl sites for hydroxylation is 1. The summed E-state index contributed by atoms with van der Waals surface area (Å²) in [5.41, 5.74) is 1.72. The van der Waals surface area contributed by atoms with Gasteiger partial charge in [-0.3, -0.25) is 4.79 Å². The van der Waals surface area contributed by atoms with Crippen molar-refractivity contribution in [3.05, 3.63) is 59.1 Å². The van der Waals surface area contributed by atoms with E-state index >= 15 is 0 Å². The molecule has 2 rings (SSSR count). The van der Waals surface area contributed by atoms with E-state index < -0.39 is 0 Å². The van der Waals surface area contributed by atoms with Crippen molar-refractivity contribution in [1.82, 2.24) is 0 Å². The summed E-state index contributed by atoms with van der Waals surface area (Å²) in [7, 11) is 0. The fourth-order valence-electron chi connectivity index (χ4n) is 1.71. The van der Waals surface area contributed by atoms with Gasteiger partial charge in [-0.25, -0.2) is 0 Å². The number of carbonyl (C=O) groups is 1. The lowest BCUT2D eigenvalue weighted by atomic mass is 10.2. The van der Waals surface area contributed by atoms with E-state index in [4.69, 9.17) is 11.6 Å². The second-order valence-electron chi connectivity index (χ2n) is 4.55. The van der Waals surface area contributed by atoms with E-state index in [1.54, 1.807) is 0 Å². The van der Waals surface area contributed by atoms with Gasteiger partial charge in [-0.15, -0.1) is 11.8 Å². The van der Waals surface area contributed by atoms with Gasteiger partial charge in [0.1, 0.15) is 0 Å². The van der Waals surface area contributed by atoms with Gasteiger partial charge >= 0.3 is 0 Å². The maximum atomic E-state index is 12.2. The van der Waals surface area contributed by atoms with Gasteiger partial charge in [0.2, 0.25) is 5.91 Å². The van der Waals surface area contributed by atoms with E-state index in [0.717, 1.165) is 10.5 Å². The first-order valence-electron chi connectivity index (χ1n) is 6.35. The van der Waals surface area contributed by atoms with Gasteiger partial charge in [-0.2, -0.15) is 0 Å². The van der Waals surface area contributed by atoms with Crippen LogP contribution in [0.5, 0.6) is 0 Å². The SMILES string of the molecule is Cc1ccc(NC(=O)[C@H](C)Sc2ccccc2)c(Cl)c1. The minimum Gasteiger partial charge on any atom is -0.324 e. The third-order valence-electron chi connectivity index (χ3n) is 2.81. The predicted octanol–water partition coefficient (Wildman–Crippen LogP) is 4.77. The zero-order valence-electron chi connectivity index (χ0n) is 11.4. The Hall–Kier alpha value is -1.45.